The van der Waals surface area contributed by atoms with E-state index in [1.165, 1.54) is 6.07 Å². The average molecular weight is 319 g/mol. The molecule has 0 aliphatic rings. The summed E-state index contributed by atoms with van der Waals surface area (Å²) in [6.07, 6.45) is 0. The molecule has 0 spiro atoms. The molecule has 3 aromatic rings. The molecule has 0 fully saturated rings. The Morgan fingerprint density at radius 2 is 1.62 bits per heavy atom. The van der Waals surface area contributed by atoms with Gasteiger partial charge in [-0.15, -0.1) is 0 Å². The molecular formula is C20H17NO3. The van der Waals surface area contributed by atoms with Gasteiger partial charge in [-0.2, -0.15) is 0 Å². The second-order valence-electron chi connectivity index (χ2n) is 5.54. The fourth-order valence-electron chi connectivity index (χ4n) is 2.83. The molecule has 0 aromatic heterocycles. The first-order valence-corrected chi connectivity index (χ1v) is 7.59. The summed E-state index contributed by atoms with van der Waals surface area (Å²) in [5.74, 6) is 0.819. The quantitative estimate of drug-likeness (QED) is 0.488. The van der Waals surface area contributed by atoms with Crippen LogP contribution < -0.4 is 4.74 Å². The number of hydrogen-bond acceptors (Lipinski definition) is 3. The van der Waals surface area contributed by atoms with Crippen LogP contribution in [0.25, 0.3) is 22.3 Å². The van der Waals surface area contributed by atoms with Gasteiger partial charge in [0.1, 0.15) is 5.75 Å². The van der Waals surface area contributed by atoms with Crippen molar-refractivity contribution in [2.45, 2.75) is 6.92 Å². The molecule has 0 aliphatic carbocycles. The monoisotopic (exact) mass is 319 g/mol. The summed E-state index contributed by atoms with van der Waals surface area (Å²) in [6.45, 7) is 2.01. The number of nitrogens with zero attached hydrogens (tertiary/aromatic N) is 1. The van der Waals surface area contributed by atoms with Crippen LogP contribution in [0.2, 0.25) is 0 Å². The molecule has 4 heteroatoms. The van der Waals surface area contributed by atoms with Crippen LogP contribution in [0, 0.1) is 17.0 Å². The highest BCUT2D eigenvalue weighted by molar-refractivity contribution is 5.77. The number of para-hydroxylation sites is 1. The maximum absolute atomic E-state index is 11.0. The summed E-state index contributed by atoms with van der Waals surface area (Å²) >= 11 is 0. The Balaban J connectivity index is 2.05. The van der Waals surface area contributed by atoms with Crippen LogP contribution in [-0.2, 0) is 0 Å². The third-order valence-corrected chi connectivity index (χ3v) is 4.01. The van der Waals surface area contributed by atoms with E-state index in [0.29, 0.717) is 0 Å². The van der Waals surface area contributed by atoms with E-state index in [1.54, 1.807) is 19.2 Å². The highest BCUT2D eigenvalue weighted by atomic mass is 16.6. The molecule has 3 aromatic carbocycles. The molecule has 24 heavy (non-hydrogen) atoms. The van der Waals surface area contributed by atoms with Crippen molar-refractivity contribution in [3.05, 3.63) is 82.4 Å². The Morgan fingerprint density at radius 3 is 2.33 bits per heavy atom. The molecule has 120 valence electrons. The lowest BCUT2D eigenvalue weighted by molar-refractivity contribution is -0.384. The Morgan fingerprint density at radius 1 is 0.875 bits per heavy atom. The molecule has 0 atom stereocenters. The second-order valence-corrected chi connectivity index (χ2v) is 5.54. The number of benzene rings is 3. The van der Waals surface area contributed by atoms with Crippen LogP contribution in [0.15, 0.2) is 66.7 Å². The van der Waals surface area contributed by atoms with Gasteiger partial charge in [-0.1, -0.05) is 48.5 Å². The molecule has 0 aliphatic heterocycles. The maximum atomic E-state index is 11.0. The minimum Gasteiger partial charge on any atom is -0.496 e. The molecule has 3 rings (SSSR count). The number of nitro groups is 1. The van der Waals surface area contributed by atoms with Crippen molar-refractivity contribution >= 4 is 5.69 Å². The summed E-state index contributed by atoms with van der Waals surface area (Å²) < 4.78 is 5.42. The summed E-state index contributed by atoms with van der Waals surface area (Å²) in [5, 5.41) is 11.0. The number of rotatable bonds is 4. The molecule has 0 saturated heterocycles. The molecule has 0 heterocycles. The van der Waals surface area contributed by atoms with Gasteiger partial charge in [-0.3, -0.25) is 10.1 Å². The van der Waals surface area contributed by atoms with E-state index in [9.17, 15) is 10.1 Å². The standard InChI is InChI=1S/C20H17NO3/c1-14-12-16(19-8-3-4-9-20(19)24-2)10-11-18(14)15-6-5-7-17(13-15)21(22)23/h3-13H,1-2H3. The molecule has 0 N–H and O–H groups in total. The van der Waals surface area contributed by atoms with Gasteiger partial charge in [0.25, 0.3) is 5.69 Å². The number of nitro benzene ring substituents is 1. The largest absolute Gasteiger partial charge is 0.496 e. The smallest absolute Gasteiger partial charge is 0.270 e. The van der Waals surface area contributed by atoms with Crippen LogP contribution in [-0.4, -0.2) is 12.0 Å². The zero-order valence-corrected chi connectivity index (χ0v) is 13.5. The van der Waals surface area contributed by atoms with Crippen molar-refractivity contribution < 1.29 is 9.66 Å². The molecule has 4 nitrogen and oxygen atoms in total. The van der Waals surface area contributed by atoms with Crippen molar-refractivity contribution in [2.75, 3.05) is 7.11 Å². The van der Waals surface area contributed by atoms with E-state index in [2.05, 4.69) is 6.07 Å². The van der Waals surface area contributed by atoms with Crippen molar-refractivity contribution in [2.24, 2.45) is 0 Å². The van der Waals surface area contributed by atoms with Crippen LogP contribution in [0.4, 0.5) is 5.69 Å². The molecule has 0 radical (unpaired) electrons. The van der Waals surface area contributed by atoms with E-state index in [4.69, 9.17) is 4.74 Å². The van der Waals surface area contributed by atoms with Crippen molar-refractivity contribution in [3.63, 3.8) is 0 Å². The fraction of sp³-hybridized carbons (Fsp3) is 0.100. The number of hydrogen-bond donors (Lipinski definition) is 0. The number of methoxy groups -OCH3 is 1. The third-order valence-electron chi connectivity index (χ3n) is 4.01. The highest BCUT2D eigenvalue weighted by Gasteiger charge is 2.11. The Hall–Kier alpha value is -3.14. The summed E-state index contributed by atoms with van der Waals surface area (Å²) in [5.41, 5.74) is 5.05. The predicted octanol–water partition coefficient (Wildman–Crippen LogP) is 5.25. The molecule has 0 saturated carbocycles. The molecular weight excluding hydrogens is 302 g/mol. The lowest BCUT2D eigenvalue weighted by Gasteiger charge is -2.12. The van der Waals surface area contributed by atoms with Crippen LogP contribution in [0.5, 0.6) is 5.75 Å². The van der Waals surface area contributed by atoms with E-state index in [0.717, 1.165) is 33.6 Å². The first-order valence-electron chi connectivity index (χ1n) is 7.59. The van der Waals surface area contributed by atoms with Gasteiger partial charge in [0.15, 0.2) is 0 Å². The van der Waals surface area contributed by atoms with Crippen LogP contribution in [0.3, 0.4) is 0 Å². The fourth-order valence-corrected chi connectivity index (χ4v) is 2.83. The maximum Gasteiger partial charge on any atom is 0.270 e. The topological polar surface area (TPSA) is 52.4 Å². The predicted molar refractivity (Wildman–Crippen MR) is 95.3 cm³/mol. The van der Waals surface area contributed by atoms with E-state index in [-0.39, 0.29) is 10.6 Å². The second kappa shape index (κ2) is 6.54. The summed E-state index contributed by atoms with van der Waals surface area (Å²) in [6, 6.07) is 20.6. The number of ether oxygens (including phenoxy) is 1. The van der Waals surface area contributed by atoms with Crippen molar-refractivity contribution in [1.29, 1.82) is 0 Å². The van der Waals surface area contributed by atoms with Gasteiger partial charge in [-0.25, -0.2) is 0 Å². The lowest BCUT2D eigenvalue weighted by Crippen LogP contribution is -1.91. The molecule has 0 bridgehead atoms. The van der Waals surface area contributed by atoms with Crippen LogP contribution in [0.1, 0.15) is 5.56 Å². The third kappa shape index (κ3) is 2.99. The SMILES string of the molecule is COc1ccccc1-c1ccc(-c2cccc([N+](=O)[O-])c2)c(C)c1. The highest BCUT2D eigenvalue weighted by Crippen LogP contribution is 2.34. The lowest BCUT2D eigenvalue weighted by atomic mass is 9.95. The van der Waals surface area contributed by atoms with Crippen LogP contribution >= 0.6 is 0 Å². The van der Waals surface area contributed by atoms with E-state index >= 15 is 0 Å². The van der Waals surface area contributed by atoms with Crippen molar-refractivity contribution in [1.82, 2.24) is 0 Å². The Kier molecular flexibility index (Phi) is 4.29. The van der Waals surface area contributed by atoms with Gasteiger partial charge < -0.3 is 4.74 Å². The van der Waals surface area contributed by atoms with Gasteiger partial charge in [0.05, 0.1) is 12.0 Å². The normalized spacial score (nSPS) is 10.4. The average Bonchev–Trinajstić information content (AvgIpc) is 2.61. The molecule has 0 unspecified atom stereocenters. The van der Waals surface area contributed by atoms with Gasteiger partial charge in [0.2, 0.25) is 0 Å². The van der Waals surface area contributed by atoms with E-state index < -0.39 is 0 Å². The first kappa shape index (κ1) is 15.7. The van der Waals surface area contributed by atoms with Gasteiger partial charge in [-0.05, 0) is 35.2 Å². The minimum absolute atomic E-state index is 0.0979. The van der Waals surface area contributed by atoms with E-state index in [1.807, 2.05) is 49.4 Å². The summed E-state index contributed by atoms with van der Waals surface area (Å²) in [7, 11) is 1.66. The summed E-state index contributed by atoms with van der Waals surface area (Å²) in [4.78, 5) is 10.6. The van der Waals surface area contributed by atoms with Crippen molar-refractivity contribution in [3.8, 4) is 28.0 Å². The van der Waals surface area contributed by atoms with Gasteiger partial charge in [0, 0.05) is 17.7 Å². The zero-order chi connectivity index (χ0) is 17.1. The Bertz CT molecular complexity index is 903. The number of aryl methyl sites for hydroxylation is 1. The Labute approximate surface area is 140 Å². The zero-order valence-electron chi connectivity index (χ0n) is 13.5. The first-order chi connectivity index (χ1) is 11.6. The minimum atomic E-state index is -0.373. The van der Waals surface area contributed by atoms with Gasteiger partial charge >= 0.3 is 0 Å². The molecule has 0 amide bonds. The number of non-ortho nitro benzene ring substituents is 1.